The summed E-state index contributed by atoms with van der Waals surface area (Å²) in [5, 5.41) is 6.31. The van der Waals surface area contributed by atoms with E-state index in [-0.39, 0.29) is 0 Å². The molecule has 21 heavy (non-hydrogen) atoms. The van der Waals surface area contributed by atoms with E-state index in [0.717, 1.165) is 4.34 Å². The van der Waals surface area contributed by atoms with Crippen LogP contribution in [0.15, 0.2) is 48.5 Å². The third kappa shape index (κ3) is 2.43. The van der Waals surface area contributed by atoms with Crippen LogP contribution in [0.5, 0.6) is 0 Å². The van der Waals surface area contributed by atoms with Crippen LogP contribution in [0.4, 0.5) is 5.69 Å². The van der Waals surface area contributed by atoms with Crippen LogP contribution in [-0.2, 0) is 6.42 Å². The van der Waals surface area contributed by atoms with Gasteiger partial charge in [0.1, 0.15) is 0 Å². The highest BCUT2D eigenvalue weighted by Gasteiger charge is 2.23. The van der Waals surface area contributed by atoms with Gasteiger partial charge in [0.2, 0.25) is 0 Å². The SMILES string of the molecule is Clc1cc2c(s1)CCCC2Nc1cccc2ccccc12. The third-order valence-corrected chi connectivity index (χ3v) is 5.54. The molecule has 0 spiro atoms. The molecule has 0 aliphatic heterocycles. The van der Waals surface area contributed by atoms with Gasteiger partial charge in [-0.05, 0) is 42.3 Å². The topological polar surface area (TPSA) is 12.0 Å². The van der Waals surface area contributed by atoms with Gasteiger partial charge in [-0.25, -0.2) is 0 Å². The zero-order chi connectivity index (χ0) is 14.2. The summed E-state index contributed by atoms with van der Waals surface area (Å²) in [4.78, 5) is 1.45. The Morgan fingerprint density at radius 3 is 2.90 bits per heavy atom. The molecule has 1 N–H and O–H groups in total. The lowest BCUT2D eigenvalue weighted by molar-refractivity contribution is 0.609. The maximum absolute atomic E-state index is 6.20. The van der Waals surface area contributed by atoms with Crippen LogP contribution in [0.2, 0.25) is 4.34 Å². The number of anilines is 1. The standard InChI is InChI=1S/C18H16ClNS/c19-18-11-14-16(9-4-10-17(14)21-18)20-15-8-3-6-12-5-1-2-7-13(12)15/h1-3,5-8,11,16,20H,4,9-10H2. The van der Waals surface area contributed by atoms with Gasteiger partial charge in [-0.15, -0.1) is 11.3 Å². The Bertz CT molecular complexity index is 788. The molecule has 3 aromatic rings. The largest absolute Gasteiger partial charge is 0.378 e. The highest BCUT2D eigenvalue weighted by Crippen LogP contribution is 2.40. The zero-order valence-corrected chi connectivity index (χ0v) is 13.2. The lowest BCUT2D eigenvalue weighted by Crippen LogP contribution is -2.15. The first-order valence-electron chi connectivity index (χ1n) is 7.34. The van der Waals surface area contributed by atoms with E-state index in [4.69, 9.17) is 11.6 Å². The van der Waals surface area contributed by atoms with Crippen molar-refractivity contribution < 1.29 is 0 Å². The van der Waals surface area contributed by atoms with Crippen LogP contribution in [0.3, 0.4) is 0 Å². The fourth-order valence-electron chi connectivity index (χ4n) is 3.21. The average molecular weight is 314 g/mol. The van der Waals surface area contributed by atoms with E-state index in [9.17, 15) is 0 Å². The Hall–Kier alpha value is -1.51. The van der Waals surface area contributed by atoms with Crippen LogP contribution in [-0.4, -0.2) is 0 Å². The maximum atomic E-state index is 6.20. The average Bonchev–Trinajstić information content (AvgIpc) is 2.89. The summed E-state index contributed by atoms with van der Waals surface area (Å²) < 4.78 is 0.909. The normalized spacial score (nSPS) is 17.7. The van der Waals surface area contributed by atoms with Crippen molar-refractivity contribution in [3.8, 4) is 0 Å². The van der Waals surface area contributed by atoms with Gasteiger partial charge >= 0.3 is 0 Å². The minimum Gasteiger partial charge on any atom is -0.378 e. The first kappa shape index (κ1) is 13.2. The molecule has 1 heterocycles. The minimum absolute atomic E-state index is 0.378. The second-order valence-corrected chi connectivity index (χ2v) is 7.31. The van der Waals surface area contributed by atoms with Crippen LogP contribution in [0, 0.1) is 0 Å². The monoisotopic (exact) mass is 313 g/mol. The number of rotatable bonds is 2. The van der Waals surface area contributed by atoms with E-state index >= 15 is 0 Å². The summed E-state index contributed by atoms with van der Waals surface area (Å²) >= 11 is 7.94. The summed E-state index contributed by atoms with van der Waals surface area (Å²) in [5.74, 6) is 0. The molecule has 4 rings (SSSR count). The molecular weight excluding hydrogens is 298 g/mol. The Balaban J connectivity index is 1.73. The van der Waals surface area contributed by atoms with E-state index in [1.807, 2.05) is 0 Å². The third-order valence-electron chi connectivity index (χ3n) is 4.20. The maximum Gasteiger partial charge on any atom is 0.0934 e. The molecule has 0 amide bonds. The van der Waals surface area contributed by atoms with Crippen molar-refractivity contribution in [3.63, 3.8) is 0 Å². The van der Waals surface area contributed by atoms with Crippen LogP contribution < -0.4 is 5.32 Å². The van der Waals surface area contributed by atoms with Gasteiger partial charge in [-0.1, -0.05) is 48.0 Å². The predicted octanol–water partition coefficient (Wildman–Crippen LogP) is 6.04. The predicted molar refractivity (Wildman–Crippen MR) is 92.6 cm³/mol. The van der Waals surface area contributed by atoms with Gasteiger partial charge in [0.15, 0.2) is 0 Å². The molecule has 1 aromatic heterocycles. The number of hydrogen-bond donors (Lipinski definition) is 1. The molecule has 3 heteroatoms. The molecule has 1 atom stereocenters. The number of hydrogen-bond acceptors (Lipinski definition) is 2. The van der Waals surface area contributed by atoms with Gasteiger partial charge in [-0.3, -0.25) is 0 Å². The molecule has 106 valence electrons. The van der Waals surface area contributed by atoms with Crippen LogP contribution >= 0.6 is 22.9 Å². The quantitative estimate of drug-likeness (QED) is 0.607. The van der Waals surface area contributed by atoms with Crippen molar-refractivity contribution in [3.05, 3.63) is 63.3 Å². The molecule has 1 nitrogen and oxygen atoms in total. The van der Waals surface area contributed by atoms with Gasteiger partial charge < -0.3 is 5.32 Å². The highest BCUT2D eigenvalue weighted by molar-refractivity contribution is 7.16. The number of halogens is 1. The first-order chi connectivity index (χ1) is 10.3. The van der Waals surface area contributed by atoms with E-state index in [1.54, 1.807) is 11.3 Å². The molecule has 0 saturated heterocycles. The number of nitrogens with one attached hydrogen (secondary N) is 1. The molecule has 0 radical (unpaired) electrons. The molecule has 2 aromatic carbocycles. The Morgan fingerprint density at radius 1 is 1.10 bits per heavy atom. The Labute approximate surface area is 133 Å². The number of thiophene rings is 1. The zero-order valence-electron chi connectivity index (χ0n) is 11.6. The summed E-state index contributed by atoms with van der Waals surface area (Å²) in [6.07, 6.45) is 3.57. The number of aryl methyl sites for hydroxylation is 1. The van der Waals surface area contributed by atoms with Gasteiger partial charge in [0.05, 0.1) is 10.4 Å². The first-order valence-corrected chi connectivity index (χ1v) is 8.53. The number of fused-ring (bicyclic) bond motifs is 2. The highest BCUT2D eigenvalue weighted by atomic mass is 35.5. The van der Waals surface area contributed by atoms with E-state index in [1.165, 1.54) is 46.2 Å². The second-order valence-electron chi connectivity index (χ2n) is 5.54. The van der Waals surface area contributed by atoms with Crippen LogP contribution in [0.25, 0.3) is 10.8 Å². The van der Waals surface area contributed by atoms with Crippen molar-refractivity contribution in [1.29, 1.82) is 0 Å². The second kappa shape index (κ2) is 5.36. The van der Waals surface area contributed by atoms with Gasteiger partial charge in [-0.2, -0.15) is 0 Å². The summed E-state index contributed by atoms with van der Waals surface area (Å²) in [6, 6.07) is 17.5. The summed E-state index contributed by atoms with van der Waals surface area (Å²) in [7, 11) is 0. The summed E-state index contributed by atoms with van der Waals surface area (Å²) in [6.45, 7) is 0. The molecule has 0 fully saturated rings. The molecule has 1 unspecified atom stereocenters. The van der Waals surface area contributed by atoms with Crippen molar-refractivity contribution in [2.24, 2.45) is 0 Å². The smallest absolute Gasteiger partial charge is 0.0934 e. The minimum atomic E-state index is 0.378. The van der Waals surface area contributed by atoms with E-state index in [0.29, 0.717) is 6.04 Å². The molecule has 1 aliphatic carbocycles. The fraction of sp³-hybridized carbons (Fsp3) is 0.222. The van der Waals surface area contributed by atoms with Crippen molar-refractivity contribution >= 4 is 39.4 Å². The fourth-order valence-corrected chi connectivity index (χ4v) is 4.59. The van der Waals surface area contributed by atoms with E-state index < -0.39 is 0 Å². The molecular formula is C18H16ClNS. The lowest BCUT2D eigenvalue weighted by atomic mass is 9.93. The van der Waals surface area contributed by atoms with Gasteiger partial charge in [0.25, 0.3) is 0 Å². The molecule has 1 aliphatic rings. The molecule has 0 saturated carbocycles. The Morgan fingerprint density at radius 2 is 1.95 bits per heavy atom. The lowest BCUT2D eigenvalue weighted by Gasteiger charge is -2.25. The number of benzene rings is 2. The van der Waals surface area contributed by atoms with Gasteiger partial charge in [0, 0.05) is 16.0 Å². The summed E-state index contributed by atoms with van der Waals surface area (Å²) in [5.41, 5.74) is 2.61. The van der Waals surface area contributed by atoms with Crippen LogP contribution in [0.1, 0.15) is 29.3 Å². The van der Waals surface area contributed by atoms with E-state index in [2.05, 4.69) is 53.8 Å². The Kier molecular flexibility index (Phi) is 3.36. The van der Waals surface area contributed by atoms with Crippen molar-refractivity contribution in [2.75, 3.05) is 5.32 Å². The van der Waals surface area contributed by atoms with Crippen molar-refractivity contribution in [1.82, 2.24) is 0 Å². The van der Waals surface area contributed by atoms with Crippen molar-refractivity contribution in [2.45, 2.75) is 25.3 Å². The molecule has 0 bridgehead atoms.